The van der Waals surface area contributed by atoms with E-state index in [0.717, 1.165) is 32.6 Å². The maximum atomic E-state index is 9.07. The molecule has 2 heterocycles. The van der Waals surface area contributed by atoms with Gasteiger partial charge < -0.3 is 0 Å². The monoisotopic (exact) mass is 208 g/mol. The summed E-state index contributed by atoms with van der Waals surface area (Å²) in [4.78, 5) is 0. The molecule has 0 aromatic heterocycles. The molecule has 5 nitrogen and oxygen atoms in total. The molecular formula is C10H18N5+. The molecule has 82 valence electrons. The van der Waals surface area contributed by atoms with Crippen molar-refractivity contribution in [3.63, 3.8) is 0 Å². The third kappa shape index (κ3) is 2.05. The van der Waals surface area contributed by atoms with Crippen molar-refractivity contribution < 1.29 is 4.58 Å². The van der Waals surface area contributed by atoms with Crippen LogP contribution >= 0.6 is 0 Å². The highest BCUT2D eigenvalue weighted by Crippen LogP contribution is 2.10. The van der Waals surface area contributed by atoms with Gasteiger partial charge in [0.15, 0.2) is 0 Å². The molecular weight excluding hydrogens is 190 g/mol. The fraction of sp³-hybridized carbons (Fsp3) is 0.800. The average Bonchev–Trinajstić information content (AvgIpc) is 2.23. The molecule has 0 aromatic carbocycles. The van der Waals surface area contributed by atoms with E-state index < -0.39 is 0 Å². The van der Waals surface area contributed by atoms with Gasteiger partial charge in [-0.05, 0) is 25.7 Å². The molecule has 2 aliphatic rings. The third-order valence-corrected chi connectivity index (χ3v) is 3.11. The van der Waals surface area contributed by atoms with Crippen LogP contribution < -0.4 is 5.73 Å². The highest BCUT2D eigenvalue weighted by atomic mass is 15.7. The van der Waals surface area contributed by atoms with E-state index in [9.17, 15) is 0 Å². The molecule has 2 fully saturated rings. The molecule has 0 unspecified atom stereocenters. The van der Waals surface area contributed by atoms with Gasteiger partial charge in [0.2, 0.25) is 0 Å². The van der Waals surface area contributed by atoms with Crippen LogP contribution in [0.4, 0.5) is 0 Å². The molecule has 15 heavy (non-hydrogen) atoms. The van der Waals surface area contributed by atoms with Crippen LogP contribution in [-0.4, -0.2) is 46.7 Å². The standard InChI is InChI=1S/C10H17N5/c11-9-15(14-7-4-8-14)10(12)13-5-2-1-3-6-13/h12H,1-8H2/p+1. The van der Waals surface area contributed by atoms with E-state index in [1.54, 1.807) is 5.01 Å². The van der Waals surface area contributed by atoms with Crippen molar-refractivity contribution in [1.29, 1.82) is 5.26 Å². The average molecular weight is 208 g/mol. The van der Waals surface area contributed by atoms with Crippen molar-refractivity contribution >= 4 is 5.96 Å². The van der Waals surface area contributed by atoms with Crippen molar-refractivity contribution in [2.24, 2.45) is 5.73 Å². The maximum Gasteiger partial charge on any atom is 0.378 e. The molecule has 2 N–H and O–H groups in total. The van der Waals surface area contributed by atoms with Crippen molar-refractivity contribution in [2.75, 3.05) is 26.2 Å². The van der Waals surface area contributed by atoms with Gasteiger partial charge in [-0.2, -0.15) is 10.3 Å². The van der Waals surface area contributed by atoms with Crippen molar-refractivity contribution in [3.8, 4) is 6.19 Å². The Labute approximate surface area is 90.3 Å². The summed E-state index contributed by atoms with van der Waals surface area (Å²) >= 11 is 0. The van der Waals surface area contributed by atoms with E-state index in [4.69, 9.17) is 11.0 Å². The molecule has 0 aromatic rings. The Kier molecular flexibility index (Phi) is 3.07. The summed E-state index contributed by atoms with van der Waals surface area (Å²) in [6, 6.07) is 0. The van der Waals surface area contributed by atoms with Crippen LogP contribution in [0.25, 0.3) is 0 Å². The Morgan fingerprint density at radius 3 is 2.33 bits per heavy atom. The summed E-state index contributed by atoms with van der Waals surface area (Å²) in [7, 11) is 0. The first kappa shape index (κ1) is 10.2. The van der Waals surface area contributed by atoms with Gasteiger partial charge in [-0.15, -0.1) is 0 Å². The van der Waals surface area contributed by atoms with E-state index in [2.05, 4.69) is 10.8 Å². The summed E-state index contributed by atoms with van der Waals surface area (Å²) in [5, 5.41) is 12.6. The minimum Gasteiger partial charge on any atom is -0.288 e. The zero-order valence-electron chi connectivity index (χ0n) is 9.02. The van der Waals surface area contributed by atoms with Gasteiger partial charge in [0.1, 0.15) is 0 Å². The van der Waals surface area contributed by atoms with Crippen LogP contribution in [-0.2, 0) is 0 Å². The molecule has 2 aliphatic heterocycles. The molecule has 2 saturated heterocycles. The van der Waals surface area contributed by atoms with Crippen LogP contribution in [0.2, 0.25) is 0 Å². The smallest absolute Gasteiger partial charge is 0.288 e. The van der Waals surface area contributed by atoms with Crippen LogP contribution in [0.3, 0.4) is 0 Å². The zero-order valence-corrected chi connectivity index (χ0v) is 9.02. The number of hydrogen-bond donors (Lipinski definition) is 1. The number of guanidine groups is 1. The Morgan fingerprint density at radius 1 is 1.20 bits per heavy atom. The normalized spacial score (nSPS) is 21.7. The number of nitrogens with zero attached hydrogens (tertiary/aromatic N) is 4. The second-order valence-corrected chi connectivity index (χ2v) is 4.12. The number of hydrogen-bond acceptors (Lipinski definition) is 2. The first-order valence-electron chi connectivity index (χ1n) is 5.65. The Hall–Kier alpha value is -1.28. The van der Waals surface area contributed by atoms with E-state index in [-0.39, 0.29) is 0 Å². The minimum atomic E-state index is 0.608. The van der Waals surface area contributed by atoms with Crippen molar-refractivity contribution in [1.82, 2.24) is 10.0 Å². The van der Waals surface area contributed by atoms with Gasteiger partial charge in [0.05, 0.1) is 13.1 Å². The summed E-state index contributed by atoms with van der Waals surface area (Å²) in [6.45, 7) is 3.86. The van der Waals surface area contributed by atoms with Crippen LogP contribution in [0, 0.1) is 11.5 Å². The van der Waals surface area contributed by atoms with Gasteiger partial charge in [-0.25, -0.2) is 0 Å². The lowest BCUT2D eigenvalue weighted by atomic mass is 10.2. The van der Waals surface area contributed by atoms with Crippen LogP contribution in [0.5, 0.6) is 0 Å². The lowest BCUT2D eigenvalue weighted by Crippen LogP contribution is -2.56. The van der Waals surface area contributed by atoms with Gasteiger partial charge >= 0.3 is 5.96 Å². The minimum absolute atomic E-state index is 0.608. The van der Waals surface area contributed by atoms with E-state index in [1.165, 1.54) is 19.3 Å². The van der Waals surface area contributed by atoms with Crippen molar-refractivity contribution in [3.05, 3.63) is 0 Å². The fourth-order valence-electron chi connectivity index (χ4n) is 2.02. The number of nitrogens with two attached hydrogens (primary N) is 1. The number of piperidine rings is 1. The highest BCUT2D eigenvalue weighted by molar-refractivity contribution is 5.74. The van der Waals surface area contributed by atoms with Gasteiger partial charge in [0, 0.05) is 13.1 Å². The van der Waals surface area contributed by atoms with Gasteiger partial charge in [0.25, 0.3) is 6.19 Å². The first-order valence-corrected chi connectivity index (χ1v) is 5.65. The second kappa shape index (κ2) is 4.49. The molecule has 5 heteroatoms. The van der Waals surface area contributed by atoms with E-state index in [0.29, 0.717) is 5.96 Å². The quantitative estimate of drug-likeness (QED) is 0.283. The second-order valence-electron chi connectivity index (χ2n) is 4.12. The topological polar surface area (TPSA) is 59.3 Å². The summed E-state index contributed by atoms with van der Waals surface area (Å²) in [5.41, 5.74) is 6.02. The fourth-order valence-corrected chi connectivity index (χ4v) is 2.02. The summed E-state index contributed by atoms with van der Waals surface area (Å²) < 4.78 is 2.12. The predicted molar refractivity (Wildman–Crippen MR) is 56.7 cm³/mol. The summed E-state index contributed by atoms with van der Waals surface area (Å²) in [5.74, 6) is 0.608. The lowest BCUT2D eigenvalue weighted by Gasteiger charge is -2.32. The molecule has 0 bridgehead atoms. The van der Waals surface area contributed by atoms with Crippen LogP contribution in [0.1, 0.15) is 25.7 Å². The molecule has 0 aliphatic carbocycles. The lowest BCUT2D eigenvalue weighted by molar-refractivity contribution is -0.544. The summed E-state index contributed by atoms with van der Waals surface area (Å²) in [6.07, 6.45) is 6.95. The number of rotatable bonds is 1. The predicted octanol–water partition coefficient (Wildman–Crippen LogP) is -0.0987. The number of hydrazine groups is 1. The SMILES string of the molecule is N#CN(C(N)=[N+]1CCCCC1)N1CCC1. The first-order chi connectivity index (χ1) is 7.33. The molecule has 0 atom stereocenters. The third-order valence-electron chi connectivity index (χ3n) is 3.11. The molecule has 0 spiro atoms. The van der Waals surface area contributed by atoms with E-state index >= 15 is 0 Å². The molecule has 0 amide bonds. The highest BCUT2D eigenvalue weighted by Gasteiger charge is 2.31. The van der Waals surface area contributed by atoms with Gasteiger partial charge in [-0.3, -0.25) is 10.3 Å². The Bertz CT molecular complexity index is 291. The Morgan fingerprint density at radius 2 is 1.87 bits per heavy atom. The Balaban J connectivity index is 2.08. The maximum absolute atomic E-state index is 9.07. The largest absolute Gasteiger partial charge is 0.378 e. The zero-order chi connectivity index (χ0) is 10.7. The molecule has 2 rings (SSSR count). The number of nitriles is 1. The van der Waals surface area contributed by atoms with E-state index in [1.807, 2.05) is 5.01 Å². The molecule has 0 radical (unpaired) electrons. The van der Waals surface area contributed by atoms with Gasteiger partial charge in [-0.1, -0.05) is 5.01 Å². The van der Waals surface area contributed by atoms with Crippen molar-refractivity contribution in [2.45, 2.75) is 25.7 Å². The molecule has 0 saturated carbocycles. The van der Waals surface area contributed by atoms with Crippen LogP contribution in [0.15, 0.2) is 0 Å².